The van der Waals surface area contributed by atoms with E-state index in [1.807, 2.05) is 43.3 Å². The van der Waals surface area contributed by atoms with Gasteiger partial charge in [-0.1, -0.05) is 15.9 Å². The largest absolute Gasteiger partial charge is 0.494 e. The number of rotatable bonds is 6. The monoisotopic (exact) mass is 427 g/mol. The lowest BCUT2D eigenvalue weighted by atomic mass is 10.1. The zero-order chi connectivity index (χ0) is 19.2. The highest BCUT2D eigenvalue weighted by molar-refractivity contribution is 9.10. The van der Waals surface area contributed by atoms with E-state index in [1.54, 1.807) is 18.2 Å². The van der Waals surface area contributed by atoms with Crippen LogP contribution in [0.15, 0.2) is 69.9 Å². The van der Waals surface area contributed by atoms with Crippen LogP contribution in [-0.4, -0.2) is 22.3 Å². The summed E-state index contributed by atoms with van der Waals surface area (Å²) in [5, 5.41) is 7.06. The van der Waals surface area contributed by atoms with Crippen LogP contribution in [0.1, 0.15) is 6.92 Å². The Morgan fingerprint density at radius 2 is 1.78 bits per heavy atom. The van der Waals surface area contributed by atoms with Crippen LogP contribution in [0.2, 0.25) is 0 Å². The van der Waals surface area contributed by atoms with Gasteiger partial charge in [0.15, 0.2) is 0 Å². The molecule has 1 amide bonds. The second-order valence-electron chi connectivity index (χ2n) is 5.73. The zero-order valence-corrected chi connectivity index (χ0v) is 16.3. The summed E-state index contributed by atoms with van der Waals surface area (Å²) in [6.07, 6.45) is 0. The van der Waals surface area contributed by atoms with Crippen LogP contribution in [-0.2, 0) is 11.3 Å². The Morgan fingerprint density at radius 3 is 2.44 bits per heavy atom. The summed E-state index contributed by atoms with van der Waals surface area (Å²) in [7, 11) is 0. The van der Waals surface area contributed by atoms with Crippen LogP contribution in [0, 0.1) is 0 Å². The molecule has 0 saturated heterocycles. The Kier molecular flexibility index (Phi) is 6.03. The summed E-state index contributed by atoms with van der Waals surface area (Å²) in [4.78, 5) is 24.3. The van der Waals surface area contributed by atoms with Crippen molar-refractivity contribution in [1.29, 1.82) is 0 Å². The third-order valence-corrected chi connectivity index (χ3v) is 4.28. The van der Waals surface area contributed by atoms with Gasteiger partial charge in [0.1, 0.15) is 12.3 Å². The molecule has 6 nitrogen and oxygen atoms in total. The average molecular weight is 428 g/mol. The third kappa shape index (κ3) is 5.04. The average Bonchev–Trinajstić information content (AvgIpc) is 2.66. The Balaban J connectivity index is 1.75. The number of anilines is 1. The molecule has 138 valence electrons. The van der Waals surface area contributed by atoms with Gasteiger partial charge in [-0.05, 0) is 61.5 Å². The van der Waals surface area contributed by atoms with E-state index in [4.69, 9.17) is 4.74 Å². The van der Waals surface area contributed by atoms with Crippen LogP contribution in [0.3, 0.4) is 0 Å². The van der Waals surface area contributed by atoms with E-state index in [9.17, 15) is 9.59 Å². The van der Waals surface area contributed by atoms with E-state index in [2.05, 4.69) is 26.3 Å². The van der Waals surface area contributed by atoms with Gasteiger partial charge in [0, 0.05) is 21.8 Å². The molecule has 2 aromatic carbocycles. The summed E-state index contributed by atoms with van der Waals surface area (Å²) < 4.78 is 7.50. The van der Waals surface area contributed by atoms with Gasteiger partial charge in [0.2, 0.25) is 5.91 Å². The van der Waals surface area contributed by atoms with Crippen LogP contribution >= 0.6 is 15.9 Å². The maximum absolute atomic E-state index is 12.2. The minimum atomic E-state index is -0.337. The molecule has 1 heterocycles. The fraction of sp³-hybridized carbons (Fsp3) is 0.150. The normalized spacial score (nSPS) is 10.4. The molecule has 1 aromatic heterocycles. The molecule has 0 unspecified atom stereocenters. The van der Waals surface area contributed by atoms with Crippen molar-refractivity contribution in [3.8, 4) is 17.0 Å². The number of hydrogen-bond acceptors (Lipinski definition) is 4. The molecule has 27 heavy (non-hydrogen) atoms. The number of hydrogen-bond donors (Lipinski definition) is 1. The Labute approximate surface area is 164 Å². The molecule has 1 N–H and O–H groups in total. The summed E-state index contributed by atoms with van der Waals surface area (Å²) in [6, 6.07) is 17.7. The van der Waals surface area contributed by atoms with Gasteiger partial charge in [0.05, 0.1) is 12.3 Å². The maximum Gasteiger partial charge on any atom is 0.267 e. The summed E-state index contributed by atoms with van der Waals surface area (Å²) in [5.74, 6) is 0.444. The highest BCUT2D eigenvalue weighted by atomic mass is 79.9. The van der Waals surface area contributed by atoms with Gasteiger partial charge in [-0.3, -0.25) is 9.59 Å². The number of amides is 1. The number of nitrogens with zero attached hydrogens (tertiary/aromatic N) is 2. The Hall–Kier alpha value is -2.93. The number of benzene rings is 2. The summed E-state index contributed by atoms with van der Waals surface area (Å²) >= 11 is 3.34. The van der Waals surface area contributed by atoms with Crippen molar-refractivity contribution >= 4 is 27.5 Å². The molecule has 0 bridgehead atoms. The van der Waals surface area contributed by atoms with E-state index >= 15 is 0 Å². The van der Waals surface area contributed by atoms with E-state index in [0.29, 0.717) is 18.0 Å². The molecule has 0 aliphatic rings. The molecular weight excluding hydrogens is 410 g/mol. The van der Waals surface area contributed by atoms with Gasteiger partial charge in [0.25, 0.3) is 5.56 Å². The molecule has 0 saturated carbocycles. The number of aromatic nitrogens is 2. The van der Waals surface area contributed by atoms with Crippen molar-refractivity contribution in [3.63, 3.8) is 0 Å². The summed E-state index contributed by atoms with van der Waals surface area (Å²) in [6.45, 7) is 2.35. The van der Waals surface area contributed by atoms with Gasteiger partial charge in [-0.2, -0.15) is 5.10 Å². The van der Waals surface area contributed by atoms with Gasteiger partial charge >= 0.3 is 0 Å². The topological polar surface area (TPSA) is 73.2 Å². The molecule has 0 radical (unpaired) electrons. The predicted molar refractivity (Wildman–Crippen MR) is 108 cm³/mol. The first-order valence-electron chi connectivity index (χ1n) is 8.42. The zero-order valence-electron chi connectivity index (χ0n) is 14.7. The van der Waals surface area contributed by atoms with E-state index in [1.165, 1.54) is 6.07 Å². The van der Waals surface area contributed by atoms with E-state index in [0.717, 1.165) is 20.5 Å². The van der Waals surface area contributed by atoms with Crippen LogP contribution in [0.4, 0.5) is 5.69 Å². The highest BCUT2D eigenvalue weighted by Gasteiger charge is 2.09. The summed E-state index contributed by atoms with van der Waals surface area (Å²) in [5.41, 5.74) is 1.75. The lowest BCUT2D eigenvalue weighted by Gasteiger charge is -2.09. The van der Waals surface area contributed by atoms with Crippen molar-refractivity contribution < 1.29 is 9.53 Å². The second-order valence-corrected chi connectivity index (χ2v) is 6.64. The van der Waals surface area contributed by atoms with Crippen LogP contribution in [0.25, 0.3) is 11.3 Å². The van der Waals surface area contributed by atoms with E-state index < -0.39 is 0 Å². The number of halogens is 1. The SMILES string of the molecule is CCOc1ccc(-c2ccc(=O)n(CC(=O)Nc3ccc(Br)cc3)n2)cc1. The molecule has 0 spiro atoms. The van der Waals surface area contributed by atoms with E-state index in [-0.39, 0.29) is 18.0 Å². The molecule has 0 atom stereocenters. The molecule has 3 aromatic rings. The molecule has 0 aliphatic carbocycles. The van der Waals surface area contributed by atoms with Crippen molar-refractivity contribution in [3.05, 3.63) is 75.5 Å². The van der Waals surface area contributed by atoms with Crippen molar-refractivity contribution in [1.82, 2.24) is 9.78 Å². The van der Waals surface area contributed by atoms with Gasteiger partial charge in [-0.25, -0.2) is 4.68 Å². The number of nitrogens with one attached hydrogen (secondary N) is 1. The highest BCUT2D eigenvalue weighted by Crippen LogP contribution is 2.20. The lowest BCUT2D eigenvalue weighted by Crippen LogP contribution is -2.29. The van der Waals surface area contributed by atoms with Crippen LogP contribution < -0.4 is 15.6 Å². The second kappa shape index (κ2) is 8.64. The molecular formula is C20H18BrN3O3. The number of ether oxygens (including phenoxy) is 1. The minimum Gasteiger partial charge on any atom is -0.494 e. The fourth-order valence-corrected chi connectivity index (χ4v) is 2.74. The minimum absolute atomic E-state index is 0.167. The fourth-order valence-electron chi connectivity index (χ4n) is 2.47. The first-order chi connectivity index (χ1) is 13.0. The predicted octanol–water partition coefficient (Wildman–Crippen LogP) is 3.71. The molecule has 0 fully saturated rings. The number of carbonyl (C=O) groups excluding carboxylic acids is 1. The van der Waals surface area contributed by atoms with Crippen molar-refractivity contribution in [2.45, 2.75) is 13.5 Å². The van der Waals surface area contributed by atoms with Gasteiger partial charge < -0.3 is 10.1 Å². The smallest absolute Gasteiger partial charge is 0.267 e. The standard InChI is InChI=1S/C20H18BrN3O3/c1-2-27-17-9-3-14(4-10-17)18-11-12-20(26)24(23-18)13-19(25)22-16-7-5-15(21)6-8-16/h3-12H,2,13H2,1H3,(H,22,25). The molecule has 7 heteroatoms. The first kappa shape index (κ1) is 18.8. The Bertz CT molecular complexity index is 983. The Morgan fingerprint density at radius 1 is 1.07 bits per heavy atom. The lowest BCUT2D eigenvalue weighted by molar-refractivity contribution is -0.117. The third-order valence-electron chi connectivity index (χ3n) is 3.75. The molecule has 3 rings (SSSR count). The van der Waals surface area contributed by atoms with Crippen molar-refractivity contribution in [2.75, 3.05) is 11.9 Å². The van der Waals surface area contributed by atoms with Gasteiger partial charge in [-0.15, -0.1) is 0 Å². The van der Waals surface area contributed by atoms with Crippen molar-refractivity contribution in [2.24, 2.45) is 0 Å². The number of carbonyl (C=O) groups is 1. The molecule has 0 aliphatic heterocycles. The first-order valence-corrected chi connectivity index (χ1v) is 9.21. The quantitative estimate of drug-likeness (QED) is 0.650. The maximum atomic E-state index is 12.2. The van der Waals surface area contributed by atoms with Crippen LogP contribution in [0.5, 0.6) is 5.75 Å².